The van der Waals surface area contributed by atoms with Crippen molar-refractivity contribution in [2.24, 2.45) is 5.92 Å². The van der Waals surface area contributed by atoms with E-state index in [2.05, 4.69) is 20.8 Å². The molecule has 0 spiro atoms. The molecule has 28 heavy (non-hydrogen) atoms. The Bertz CT molecular complexity index is 980. The highest BCUT2D eigenvalue weighted by atomic mass is 16.2. The number of aromatic nitrogens is 3. The summed E-state index contributed by atoms with van der Waals surface area (Å²) >= 11 is 0. The van der Waals surface area contributed by atoms with Gasteiger partial charge in [-0.05, 0) is 36.6 Å². The highest BCUT2D eigenvalue weighted by Crippen LogP contribution is 2.09. The number of nitrogens with one attached hydrogen (secondary N) is 2. The first-order chi connectivity index (χ1) is 13.5. The van der Waals surface area contributed by atoms with Crippen LogP contribution in [0, 0.1) is 12.8 Å². The summed E-state index contributed by atoms with van der Waals surface area (Å²) in [5.41, 5.74) is 2.23. The maximum Gasteiger partial charge on any atom is 0.252 e. The molecule has 146 valence electrons. The fourth-order valence-corrected chi connectivity index (χ4v) is 3.05. The number of hydrogen-bond donors (Lipinski definition) is 2. The highest BCUT2D eigenvalue weighted by Gasteiger charge is 2.25. The topological polar surface area (TPSA) is 88.4 Å². The second-order valence-corrected chi connectivity index (χ2v) is 7.10. The molecule has 3 rings (SSSR count). The fraction of sp³-hybridized carbons (Fsp3) is 0.333. The standard InChI is InChI=1S/C21H25N5O2/c1-14(2)19(23-20(27)16-9-5-4-8-15(16)3)21(28)22-12-11-18-25-24-17-10-6-7-13-26(17)18/h4-10,13-14,19H,11-12H2,1-3H3,(H,22,28)(H,23,27). The number of rotatable bonds is 7. The summed E-state index contributed by atoms with van der Waals surface area (Å²) in [6, 6.07) is 12.4. The predicted octanol–water partition coefficient (Wildman–Crippen LogP) is 2.15. The third-order valence-electron chi connectivity index (χ3n) is 4.66. The molecule has 7 nitrogen and oxygen atoms in total. The van der Waals surface area contributed by atoms with Gasteiger partial charge < -0.3 is 10.6 Å². The van der Waals surface area contributed by atoms with Crippen LogP contribution in [0.1, 0.15) is 35.6 Å². The zero-order valence-electron chi connectivity index (χ0n) is 16.3. The fourth-order valence-electron chi connectivity index (χ4n) is 3.05. The molecule has 2 aromatic heterocycles. The van der Waals surface area contributed by atoms with Gasteiger partial charge in [0.1, 0.15) is 11.9 Å². The van der Waals surface area contributed by atoms with Crippen molar-refractivity contribution in [3.05, 3.63) is 65.6 Å². The number of benzene rings is 1. The van der Waals surface area contributed by atoms with Crippen molar-refractivity contribution in [2.45, 2.75) is 33.2 Å². The van der Waals surface area contributed by atoms with Gasteiger partial charge in [0, 0.05) is 24.7 Å². The van der Waals surface area contributed by atoms with E-state index in [1.54, 1.807) is 6.07 Å². The molecule has 0 fully saturated rings. The van der Waals surface area contributed by atoms with Crippen molar-refractivity contribution in [3.8, 4) is 0 Å². The van der Waals surface area contributed by atoms with Crippen molar-refractivity contribution >= 4 is 17.5 Å². The highest BCUT2D eigenvalue weighted by molar-refractivity contribution is 5.98. The van der Waals surface area contributed by atoms with E-state index in [4.69, 9.17) is 0 Å². The van der Waals surface area contributed by atoms with Gasteiger partial charge in [-0.25, -0.2) is 0 Å². The van der Waals surface area contributed by atoms with Crippen molar-refractivity contribution in [1.29, 1.82) is 0 Å². The SMILES string of the molecule is Cc1ccccc1C(=O)NC(C(=O)NCCc1nnc2ccccn12)C(C)C. The number of amides is 2. The Labute approximate surface area is 164 Å². The van der Waals surface area contributed by atoms with Crippen LogP contribution >= 0.6 is 0 Å². The van der Waals surface area contributed by atoms with Gasteiger partial charge in [0.25, 0.3) is 5.91 Å². The molecular weight excluding hydrogens is 354 g/mol. The first-order valence-corrected chi connectivity index (χ1v) is 9.40. The summed E-state index contributed by atoms with van der Waals surface area (Å²) in [4.78, 5) is 25.2. The van der Waals surface area contributed by atoms with E-state index in [0.29, 0.717) is 18.5 Å². The van der Waals surface area contributed by atoms with Crippen LogP contribution in [0.25, 0.3) is 5.65 Å². The summed E-state index contributed by atoms with van der Waals surface area (Å²) in [6.45, 7) is 6.11. The average molecular weight is 379 g/mol. The van der Waals surface area contributed by atoms with Gasteiger partial charge in [-0.2, -0.15) is 0 Å². The molecule has 0 aliphatic heterocycles. The minimum atomic E-state index is -0.609. The van der Waals surface area contributed by atoms with E-state index in [1.807, 2.05) is 67.8 Å². The molecule has 0 saturated carbocycles. The second kappa shape index (κ2) is 8.65. The molecule has 2 amide bonds. The van der Waals surface area contributed by atoms with Gasteiger partial charge in [0.2, 0.25) is 5.91 Å². The number of carbonyl (C=O) groups is 2. The molecule has 2 heterocycles. The Kier molecular flexibility index (Phi) is 6.03. The molecule has 1 aromatic carbocycles. The summed E-state index contributed by atoms with van der Waals surface area (Å²) in [7, 11) is 0. The summed E-state index contributed by atoms with van der Waals surface area (Å²) < 4.78 is 1.89. The van der Waals surface area contributed by atoms with Gasteiger partial charge in [0.05, 0.1) is 0 Å². The second-order valence-electron chi connectivity index (χ2n) is 7.10. The third-order valence-corrected chi connectivity index (χ3v) is 4.66. The van der Waals surface area contributed by atoms with Gasteiger partial charge in [-0.1, -0.05) is 38.1 Å². The lowest BCUT2D eigenvalue weighted by atomic mass is 10.0. The van der Waals surface area contributed by atoms with E-state index in [0.717, 1.165) is 17.0 Å². The molecule has 2 N–H and O–H groups in total. The zero-order valence-corrected chi connectivity index (χ0v) is 16.3. The molecule has 1 unspecified atom stereocenters. The lowest BCUT2D eigenvalue weighted by Crippen LogP contribution is -2.50. The molecule has 1 atom stereocenters. The van der Waals surface area contributed by atoms with Crippen LogP contribution < -0.4 is 10.6 Å². The Balaban J connectivity index is 1.60. The summed E-state index contributed by atoms with van der Waals surface area (Å²) in [6.07, 6.45) is 2.44. The lowest BCUT2D eigenvalue weighted by molar-refractivity contribution is -0.123. The molecular formula is C21H25N5O2. The van der Waals surface area contributed by atoms with Crippen LogP contribution in [0.15, 0.2) is 48.7 Å². The lowest BCUT2D eigenvalue weighted by Gasteiger charge is -2.22. The monoisotopic (exact) mass is 379 g/mol. The van der Waals surface area contributed by atoms with Crippen molar-refractivity contribution in [3.63, 3.8) is 0 Å². The predicted molar refractivity (Wildman–Crippen MR) is 107 cm³/mol. The first-order valence-electron chi connectivity index (χ1n) is 9.40. The van der Waals surface area contributed by atoms with Crippen LogP contribution in [0.5, 0.6) is 0 Å². The summed E-state index contributed by atoms with van der Waals surface area (Å²) in [5, 5.41) is 14.0. The van der Waals surface area contributed by atoms with Crippen LogP contribution in [0.4, 0.5) is 0 Å². The number of hydrogen-bond acceptors (Lipinski definition) is 4. The molecule has 0 aliphatic carbocycles. The van der Waals surface area contributed by atoms with Gasteiger partial charge in [0.15, 0.2) is 5.65 Å². The zero-order chi connectivity index (χ0) is 20.1. The smallest absolute Gasteiger partial charge is 0.252 e. The molecule has 3 aromatic rings. The number of aryl methyl sites for hydroxylation is 1. The number of fused-ring (bicyclic) bond motifs is 1. The van der Waals surface area contributed by atoms with Crippen molar-refractivity contribution in [2.75, 3.05) is 6.54 Å². The molecule has 0 saturated heterocycles. The van der Waals surface area contributed by atoms with Crippen molar-refractivity contribution < 1.29 is 9.59 Å². The van der Waals surface area contributed by atoms with E-state index in [1.165, 1.54) is 0 Å². The molecule has 0 bridgehead atoms. The quantitative estimate of drug-likeness (QED) is 0.658. The largest absolute Gasteiger partial charge is 0.354 e. The van der Waals surface area contributed by atoms with Crippen LogP contribution in [0.3, 0.4) is 0 Å². The number of carbonyl (C=O) groups excluding carboxylic acids is 2. The first kappa shape index (κ1) is 19.5. The maximum absolute atomic E-state index is 12.7. The molecule has 0 radical (unpaired) electrons. The van der Waals surface area contributed by atoms with Crippen LogP contribution in [-0.2, 0) is 11.2 Å². The van der Waals surface area contributed by atoms with Crippen molar-refractivity contribution in [1.82, 2.24) is 25.2 Å². The average Bonchev–Trinajstić information content (AvgIpc) is 3.09. The Morgan fingerprint density at radius 3 is 2.57 bits per heavy atom. The van der Waals surface area contributed by atoms with Gasteiger partial charge in [-0.15, -0.1) is 10.2 Å². The minimum absolute atomic E-state index is 0.0399. The normalized spacial score (nSPS) is 12.1. The van der Waals surface area contributed by atoms with E-state index in [-0.39, 0.29) is 17.7 Å². The molecule has 0 aliphatic rings. The van der Waals surface area contributed by atoms with E-state index < -0.39 is 6.04 Å². The minimum Gasteiger partial charge on any atom is -0.354 e. The van der Waals surface area contributed by atoms with Crippen LogP contribution in [0.2, 0.25) is 0 Å². The van der Waals surface area contributed by atoms with E-state index in [9.17, 15) is 9.59 Å². The van der Waals surface area contributed by atoms with Gasteiger partial charge in [-0.3, -0.25) is 14.0 Å². The maximum atomic E-state index is 12.7. The Morgan fingerprint density at radius 2 is 1.82 bits per heavy atom. The Hall–Kier alpha value is -3.22. The molecule has 7 heteroatoms. The number of pyridine rings is 1. The van der Waals surface area contributed by atoms with E-state index >= 15 is 0 Å². The van der Waals surface area contributed by atoms with Gasteiger partial charge >= 0.3 is 0 Å². The summed E-state index contributed by atoms with van der Waals surface area (Å²) in [5.74, 6) is 0.295. The third kappa shape index (κ3) is 4.36. The number of nitrogens with zero attached hydrogens (tertiary/aromatic N) is 3. The van der Waals surface area contributed by atoms with Crippen LogP contribution in [-0.4, -0.2) is 39.0 Å². The Morgan fingerprint density at radius 1 is 1.07 bits per heavy atom.